The molecule has 1 aliphatic carbocycles. The average molecular weight is 466 g/mol. The number of fused-ring (bicyclic) bond motifs is 3. The van der Waals surface area contributed by atoms with Gasteiger partial charge in [0.25, 0.3) is 0 Å². The number of carbonyl (C=O) groups is 2. The Labute approximate surface area is 182 Å². The molecule has 1 atom stereocenters. The molecule has 152 valence electrons. The van der Waals surface area contributed by atoms with Gasteiger partial charge in [-0.05, 0) is 39.9 Å². The lowest BCUT2D eigenvalue weighted by molar-refractivity contribution is -0.139. The van der Waals surface area contributed by atoms with Gasteiger partial charge in [0.05, 0.1) is 0 Å². The minimum absolute atomic E-state index is 0.0727. The summed E-state index contributed by atoms with van der Waals surface area (Å²) in [4.78, 5) is 24.0. The van der Waals surface area contributed by atoms with Crippen molar-refractivity contribution in [3.05, 3.63) is 94.0 Å². The fourth-order valence-corrected chi connectivity index (χ4v) is 4.33. The maximum atomic E-state index is 12.4. The standard InChI is InChI=1S/C24H20BrNO4/c25-16-7-5-6-15(12-16)13-22(23(27)28)26-24(29)30-14-21-19-10-3-1-8-17(19)18-9-2-4-11-20(18)21/h1-12,21-22H,13-14H2,(H,26,29)(H,27,28). The summed E-state index contributed by atoms with van der Waals surface area (Å²) in [6.07, 6.45) is -0.571. The normalized spacial score (nSPS) is 13.2. The van der Waals surface area contributed by atoms with E-state index >= 15 is 0 Å². The number of benzene rings is 3. The first kappa shape index (κ1) is 20.2. The van der Waals surface area contributed by atoms with Crippen LogP contribution in [-0.2, 0) is 16.0 Å². The van der Waals surface area contributed by atoms with Crippen molar-refractivity contribution in [2.24, 2.45) is 0 Å². The number of carboxylic acid groups (broad SMARTS) is 1. The van der Waals surface area contributed by atoms with Gasteiger partial charge in [0, 0.05) is 16.8 Å². The Morgan fingerprint density at radius 1 is 0.967 bits per heavy atom. The molecule has 5 nitrogen and oxygen atoms in total. The summed E-state index contributed by atoms with van der Waals surface area (Å²) in [7, 11) is 0. The summed E-state index contributed by atoms with van der Waals surface area (Å²) in [5.74, 6) is -1.18. The van der Waals surface area contributed by atoms with Gasteiger partial charge in [-0.3, -0.25) is 0 Å². The van der Waals surface area contributed by atoms with E-state index in [0.29, 0.717) is 0 Å². The topological polar surface area (TPSA) is 75.6 Å². The highest BCUT2D eigenvalue weighted by Gasteiger charge is 2.29. The van der Waals surface area contributed by atoms with Gasteiger partial charge in [-0.1, -0.05) is 76.6 Å². The highest BCUT2D eigenvalue weighted by Crippen LogP contribution is 2.44. The number of carbonyl (C=O) groups excluding carboxylic acids is 1. The molecule has 30 heavy (non-hydrogen) atoms. The molecule has 1 aliphatic rings. The Morgan fingerprint density at radius 2 is 1.60 bits per heavy atom. The van der Waals surface area contributed by atoms with E-state index < -0.39 is 18.1 Å². The number of hydrogen-bond donors (Lipinski definition) is 2. The number of halogens is 1. The van der Waals surface area contributed by atoms with Gasteiger partial charge in [0.15, 0.2) is 0 Å². The second-order valence-corrected chi connectivity index (χ2v) is 8.11. The molecule has 0 spiro atoms. The summed E-state index contributed by atoms with van der Waals surface area (Å²) < 4.78 is 6.31. The third-order valence-electron chi connectivity index (χ3n) is 5.26. The van der Waals surface area contributed by atoms with Crippen molar-refractivity contribution in [1.82, 2.24) is 5.32 Å². The molecule has 1 unspecified atom stereocenters. The Morgan fingerprint density at radius 3 is 2.20 bits per heavy atom. The first-order valence-electron chi connectivity index (χ1n) is 9.61. The molecular formula is C24H20BrNO4. The fourth-order valence-electron chi connectivity index (χ4n) is 3.88. The van der Waals surface area contributed by atoms with Crippen molar-refractivity contribution < 1.29 is 19.4 Å². The SMILES string of the molecule is O=C(NC(Cc1cccc(Br)c1)C(=O)O)OCC1c2ccccc2-c2ccccc21. The van der Waals surface area contributed by atoms with Gasteiger partial charge in [-0.25, -0.2) is 9.59 Å². The summed E-state index contributed by atoms with van der Waals surface area (Å²) in [5.41, 5.74) is 5.29. The molecule has 0 saturated heterocycles. The van der Waals surface area contributed by atoms with Gasteiger partial charge >= 0.3 is 12.1 Å². The molecule has 1 amide bonds. The van der Waals surface area contributed by atoms with Crippen LogP contribution in [0.5, 0.6) is 0 Å². The second-order valence-electron chi connectivity index (χ2n) is 7.19. The molecule has 0 fully saturated rings. The molecule has 4 rings (SSSR count). The predicted molar refractivity (Wildman–Crippen MR) is 117 cm³/mol. The lowest BCUT2D eigenvalue weighted by Gasteiger charge is -2.17. The van der Waals surface area contributed by atoms with Gasteiger partial charge in [-0.2, -0.15) is 0 Å². The lowest BCUT2D eigenvalue weighted by Crippen LogP contribution is -2.42. The highest BCUT2D eigenvalue weighted by atomic mass is 79.9. The van der Waals surface area contributed by atoms with Crippen molar-refractivity contribution in [2.45, 2.75) is 18.4 Å². The second kappa shape index (κ2) is 8.71. The van der Waals surface area contributed by atoms with Crippen LogP contribution in [-0.4, -0.2) is 29.8 Å². The van der Waals surface area contributed by atoms with Crippen molar-refractivity contribution in [2.75, 3.05) is 6.61 Å². The zero-order valence-electron chi connectivity index (χ0n) is 16.0. The molecule has 3 aromatic rings. The van der Waals surface area contributed by atoms with Crippen LogP contribution in [0.15, 0.2) is 77.3 Å². The number of ether oxygens (including phenoxy) is 1. The van der Waals surface area contributed by atoms with Crippen LogP contribution in [0.3, 0.4) is 0 Å². The number of aliphatic carboxylic acids is 1. The molecule has 0 bridgehead atoms. The summed E-state index contributed by atoms with van der Waals surface area (Å²) >= 11 is 3.37. The maximum absolute atomic E-state index is 12.4. The van der Waals surface area contributed by atoms with Crippen LogP contribution >= 0.6 is 15.9 Å². The molecule has 3 aromatic carbocycles. The van der Waals surface area contributed by atoms with E-state index in [4.69, 9.17) is 4.74 Å². The molecule has 0 heterocycles. The number of alkyl carbamates (subject to hydrolysis) is 1. The van der Waals surface area contributed by atoms with Crippen LogP contribution in [0.25, 0.3) is 11.1 Å². The molecule has 0 radical (unpaired) electrons. The third kappa shape index (κ3) is 4.24. The molecule has 0 saturated carbocycles. The van der Waals surface area contributed by atoms with E-state index in [0.717, 1.165) is 32.3 Å². The van der Waals surface area contributed by atoms with Gasteiger partial charge < -0.3 is 15.2 Å². The van der Waals surface area contributed by atoms with E-state index in [2.05, 4.69) is 33.4 Å². The Kier molecular flexibility index (Phi) is 5.86. The van der Waals surface area contributed by atoms with Crippen molar-refractivity contribution >= 4 is 28.0 Å². The quantitative estimate of drug-likeness (QED) is 0.537. The minimum Gasteiger partial charge on any atom is -0.480 e. The zero-order chi connectivity index (χ0) is 21.1. The van der Waals surface area contributed by atoms with E-state index in [9.17, 15) is 14.7 Å². The minimum atomic E-state index is -1.11. The number of hydrogen-bond acceptors (Lipinski definition) is 3. The largest absolute Gasteiger partial charge is 0.480 e. The molecule has 0 aromatic heterocycles. The van der Waals surface area contributed by atoms with E-state index in [-0.39, 0.29) is 18.9 Å². The van der Waals surface area contributed by atoms with Crippen molar-refractivity contribution in [1.29, 1.82) is 0 Å². The number of carboxylic acids is 1. The summed E-state index contributed by atoms with van der Waals surface area (Å²) in [6.45, 7) is 0.142. The van der Waals surface area contributed by atoms with E-state index in [1.165, 1.54) is 0 Å². The van der Waals surface area contributed by atoms with Gasteiger partial charge in [0.1, 0.15) is 12.6 Å². The van der Waals surface area contributed by atoms with Crippen LogP contribution in [0.4, 0.5) is 4.79 Å². The maximum Gasteiger partial charge on any atom is 0.407 e. The lowest BCUT2D eigenvalue weighted by atomic mass is 9.98. The third-order valence-corrected chi connectivity index (χ3v) is 5.76. The van der Waals surface area contributed by atoms with Gasteiger partial charge in [0.2, 0.25) is 0 Å². The monoisotopic (exact) mass is 465 g/mol. The smallest absolute Gasteiger partial charge is 0.407 e. The average Bonchev–Trinajstić information content (AvgIpc) is 3.06. The zero-order valence-corrected chi connectivity index (χ0v) is 17.6. The van der Waals surface area contributed by atoms with Crippen LogP contribution in [0.2, 0.25) is 0 Å². The Balaban J connectivity index is 1.43. The van der Waals surface area contributed by atoms with E-state index in [1.807, 2.05) is 60.7 Å². The Bertz CT molecular complexity index is 1050. The fraction of sp³-hybridized carbons (Fsp3) is 0.167. The number of rotatable bonds is 6. The van der Waals surface area contributed by atoms with Crippen molar-refractivity contribution in [3.63, 3.8) is 0 Å². The van der Waals surface area contributed by atoms with E-state index in [1.54, 1.807) is 0 Å². The Hall–Kier alpha value is -3.12. The molecular weight excluding hydrogens is 446 g/mol. The first-order valence-corrected chi connectivity index (χ1v) is 10.4. The van der Waals surface area contributed by atoms with Crippen LogP contribution in [0.1, 0.15) is 22.6 Å². The van der Waals surface area contributed by atoms with Gasteiger partial charge in [-0.15, -0.1) is 0 Å². The molecule has 6 heteroatoms. The molecule has 0 aliphatic heterocycles. The van der Waals surface area contributed by atoms with Crippen LogP contribution < -0.4 is 5.32 Å². The van der Waals surface area contributed by atoms with Crippen LogP contribution in [0, 0.1) is 0 Å². The molecule has 2 N–H and O–H groups in total. The summed E-state index contributed by atoms with van der Waals surface area (Å²) in [6, 6.07) is 22.4. The predicted octanol–water partition coefficient (Wildman–Crippen LogP) is 4.98. The summed E-state index contributed by atoms with van der Waals surface area (Å²) in [5, 5.41) is 12.0. The highest BCUT2D eigenvalue weighted by molar-refractivity contribution is 9.10. The first-order chi connectivity index (χ1) is 14.5. The number of amides is 1. The number of nitrogens with one attached hydrogen (secondary N) is 1. The van der Waals surface area contributed by atoms with Crippen molar-refractivity contribution in [3.8, 4) is 11.1 Å².